The van der Waals surface area contributed by atoms with Gasteiger partial charge in [-0.05, 0) is 12.8 Å². The number of halogens is 2. The van der Waals surface area contributed by atoms with Crippen LogP contribution in [0.5, 0.6) is 0 Å². The van der Waals surface area contributed by atoms with Crippen molar-refractivity contribution in [3.63, 3.8) is 0 Å². The summed E-state index contributed by atoms with van der Waals surface area (Å²) in [7, 11) is 0. The quantitative estimate of drug-likeness (QED) is 0.632. The standard InChI is InChI=1S/C9H17F2NO2/c10-9(11,6-13)5-12-7-3-1-2-4-8(7)14/h7-8,12-14H,1-6H2. The summed E-state index contributed by atoms with van der Waals surface area (Å²) in [6.45, 7) is -1.71. The first kappa shape index (κ1) is 11.8. The largest absolute Gasteiger partial charge is 0.392 e. The lowest BCUT2D eigenvalue weighted by Gasteiger charge is -2.29. The van der Waals surface area contributed by atoms with E-state index in [1.165, 1.54) is 0 Å². The van der Waals surface area contributed by atoms with Gasteiger partial charge in [-0.15, -0.1) is 0 Å². The van der Waals surface area contributed by atoms with Gasteiger partial charge in [0.1, 0.15) is 6.61 Å². The first-order valence-corrected chi connectivity index (χ1v) is 4.95. The number of nitrogens with one attached hydrogen (secondary N) is 1. The molecule has 1 aliphatic rings. The number of hydrogen-bond donors (Lipinski definition) is 3. The van der Waals surface area contributed by atoms with E-state index >= 15 is 0 Å². The second-order valence-corrected chi connectivity index (χ2v) is 3.85. The molecule has 0 aromatic heterocycles. The summed E-state index contributed by atoms with van der Waals surface area (Å²) >= 11 is 0. The molecule has 0 aliphatic heterocycles. The highest BCUT2D eigenvalue weighted by Gasteiger charge is 2.30. The molecule has 0 aromatic carbocycles. The van der Waals surface area contributed by atoms with Crippen LogP contribution in [0.25, 0.3) is 0 Å². The third kappa shape index (κ3) is 3.48. The van der Waals surface area contributed by atoms with E-state index in [4.69, 9.17) is 5.11 Å². The lowest BCUT2D eigenvalue weighted by Crippen LogP contribution is -2.47. The Morgan fingerprint density at radius 1 is 1.29 bits per heavy atom. The summed E-state index contributed by atoms with van der Waals surface area (Å²) in [4.78, 5) is 0. The molecule has 1 saturated carbocycles. The maximum Gasteiger partial charge on any atom is 0.282 e. The Morgan fingerprint density at radius 3 is 2.50 bits per heavy atom. The van der Waals surface area contributed by atoms with E-state index < -0.39 is 25.2 Å². The fourth-order valence-electron chi connectivity index (χ4n) is 1.69. The molecule has 0 aromatic rings. The first-order valence-electron chi connectivity index (χ1n) is 4.95. The molecule has 0 radical (unpaired) electrons. The lowest BCUT2D eigenvalue weighted by molar-refractivity contribution is -0.0537. The van der Waals surface area contributed by atoms with Crippen LogP contribution < -0.4 is 5.32 Å². The third-order valence-electron chi connectivity index (χ3n) is 2.58. The first-order chi connectivity index (χ1) is 6.55. The van der Waals surface area contributed by atoms with Gasteiger partial charge in [0.05, 0.1) is 12.6 Å². The van der Waals surface area contributed by atoms with Gasteiger partial charge >= 0.3 is 0 Å². The molecule has 1 aliphatic carbocycles. The van der Waals surface area contributed by atoms with Crippen molar-refractivity contribution >= 4 is 0 Å². The monoisotopic (exact) mass is 209 g/mol. The third-order valence-corrected chi connectivity index (χ3v) is 2.58. The van der Waals surface area contributed by atoms with E-state index in [1.54, 1.807) is 0 Å². The van der Waals surface area contributed by atoms with E-state index in [0.717, 1.165) is 19.3 Å². The fourth-order valence-corrected chi connectivity index (χ4v) is 1.69. The van der Waals surface area contributed by atoms with E-state index in [2.05, 4.69) is 5.32 Å². The van der Waals surface area contributed by atoms with E-state index in [1.807, 2.05) is 0 Å². The zero-order valence-corrected chi connectivity index (χ0v) is 8.05. The Morgan fingerprint density at radius 2 is 1.93 bits per heavy atom. The number of aliphatic hydroxyl groups is 2. The van der Waals surface area contributed by atoms with Crippen molar-refractivity contribution in [2.24, 2.45) is 0 Å². The summed E-state index contributed by atoms with van der Waals surface area (Å²) in [6, 6.07) is -0.249. The SMILES string of the molecule is OCC(F)(F)CNC1CCCCC1O. The summed E-state index contributed by atoms with van der Waals surface area (Å²) in [5, 5.41) is 20.4. The topological polar surface area (TPSA) is 52.5 Å². The molecule has 0 saturated heterocycles. The molecule has 2 atom stereocenters. The van der Waals surface area contributed by atoms with Crippen LogP contribution in [0.1, 0.15) is 25.7 Å². The van der Waals surface area contributed by atoms with Crippen molar-refractivity contribution in [2.45, 2.75) is 43.8 Å². The van der Waals surface area contributed by atoms with Crippen LogP contribution in [0.15, 0.2) is 0 Å². The Balaban J connectivity index is 2.29. The number of alkyl halides is 2. The average Bonchev–Trinajstić information content (AvgIpc) is 2.17. The van der Waals surface area contributed by atoms with Crippen molar-refractivity contribution in [1.82, 2.24) is 5.32 Å². The molecule has 2 unspecified atom stereocenters. The minimum absolute atomic E-state index is 0.249. The van der Waals surface area contributed by atoms with E-state index in [0.29, 0.717) is 6.42 Å². The minimum Gasteiger partial charge on any atom is -0.392 e. The molecule has 0 bridgehead atoms. The van der Waals surface area contributed by atoms with Crippen LogP contribution in [-0.2, 0) is 0 Å². The average molecular weight is 209 g/mol. The Labute approximate surface area is 82.1 Å². The van der Waals surface area contributed by atoms with Crippen LogP contribution in [0, 0.1) is 0 Å². The zero-order chi connectivity index (χ0) is 10.6. The molecular formula is C9H17F2NO2. The molecule has 84 valence electrons. The van der Waals surface area contributed by atoms with Gasteiger partial charge in [0.15, 0.2) is 0 Å². The Hall–Kier alpha value is -0.260. The summed E-state index contributed by atoms with van der Waals surface area (Å²) < 4.78 is 25.3. The maximum absolute atomic E-state index is 12.6. The highest BCUT2D eigenvalue weighted by molar-refractivity contribution is 4.82. The molecule has 1 fully saturated rings. The van der Waals surface area contributed by atoms with Gasteiger partial charge in [-0.3, -0.25) is 0 Å². The van der Waals surface area contributed by atoms with Crippen LogP contribution in [0.2, 0.25) is 0 Å². The highest BCUT2D eigenvalue weighted by Crippen LogP contribution is 2.19. The summed E-state index contributed by atoms with van der Waals surface area (Å²) in [6.07, 6.45) is 2.78. The van der Waals surface area contributed by atoms with E-state index in [-0.39, 0.29) is 6.04 Å². The number of hydrogen-bond acceptors (Lipinski definition) is 3. The number of aliphatic hydroxyl groups excluding tert-OH is 2. The fraction of sp³-hybridized carbons (Fsp3) is 1.00. The van der Waals surface area contributed by atoms with Gasteiger partial charge in [-0.25, -0.2) is 8.78 Å². The maximum atomic E-state index is 12.6. The second-order valence-electron chi connectivity index (χ2n) is 3.85. The molecule has 3 N–H and O–H groups in total. The van der Waals surface area contributed by atoms with Gasteiger partial charge < -0.3 is 15.5 Å². The van der Waals surface area contributed by atoms with Crippen LogP contribution in [-0.4, -0.2) is 41.4 Å². The van der Waals surface area contributed by atoms with Gasteiger partial charge in [-0.1, -0.05) is 12.8 Å². The normalized spacial score (nSPS) is 29.1. The zero-order valence-electron chi connectivity index (χ0n) is 8.05. The second kappa shape index (κ2) is 5.00. The van der Waals surface area contributed by atoms with Crippen molar-refractivity contribution in [1.29, 1.82) is 0 Å². The van der Waals surface area contributed by atoms with Gasteiger partial charge in [0, 0.05) is 6.04 Å². The molecule has 0 amide bonds. The van der Waals surface area contributed by atoms with Crippen molar-refractivity contribution in [2.75, 3.05) is 13.2 Å². The van der Waals surface area contributed by atoms with Crippen molar-refractivity contribution in [3.8, 4) is 0 Å². The van der Waals surface area contributed by atoms with Gasteiger partial charge in [0.2, 0.25) is 0 Å². The lowest BCUT2D eigenvalue weighted by atomic mass is 9.92. The van der Waals surface area contributed by atoms with Crippen molar-refractivity contribution in [3.05, 3.63) is 0 Å². The molecule has 3 nitrogen and oxygen atoms in total. The molecular weight excluding hydrogens is 192 g/mol. The van der Waals surface area contributed by atoms with Crippen molar-refractivity contribution < 1.29 is 19.0 Å². The predicted octanol–water partition coefficient (Wildman–Crippen LogP) is 0.507. The van der Waals surface area contributed by atoms with Crippen LogP contribution in [0.4, 0.5) is 8.78 Å². The minimum atomic E-state index is -3.09. The van der Waals surface area contributed by atoms with Gasteiger partial charge in [0.25, 0.3) is 5.92 Å². The van der Waals surface area contributed by atoms with Gasteiger partial charge in [-0.2, -0.15) is 0 Å². The smallest absolute Gasteiger partial charge is 0.282 e. The predicted molar refractivity (Wildman–Crippen MR) is 48.3 cm³/mol. The molecule has 1 rings (SSSR count). The molecule has 5 heteroatoms. The molecule has 14 heavy (non-hydrogen) atoms. The number of rotatable bonds is 4. The van der Waals surface area contributed by atoms with Crippen LogP contribution >= 0.6 is 0 Å². The molecule has 0 spiro atoms. The highest BCUT2D eigenvalue weighted by atomic mass is 19.3. The Bertz CT molecular complexity index is 178. The molecule has 0 heterocycles. The summed E-state index contributed by atoms with van der Waals surface area (Å²) in [5.41, 5.74) is 0. The van der Waals surface area contributed by atoms with Crippen LogP contribution in [0.3, 0.4) is 0 Å². The Kier molecular flexibility index (Phi) is 4.22. The summed E-state index contributed by atoms with van der Waals surface area (Å²) in [5.74, 6) is -3.09. The van der Waals surface area contributed by atoms with E-state index in [9.17, 15) is 13.9 Å².